The van der Waals surface area contributed by atoms with Crippen LogP contribution >= 0.6 is 0 Å². The van der Waals surface area contributed by atoms with Gasteiger partial charge >= 0.3 is 5.97 Å². The van der Waals surface area contributed by atoms with Crippen LogP contribution in [0.1, 0.15) is 5.56 Å². The topological polar surface area (TPSA) is 80.4 Å². The summed E-state index contributed by atoms with van der Waals surface area (Å²) < 4.78 is 1.47. The summed E-state index contributed by atoms with van der Waals surface area (Å²) in [7, 11) is 0. The van der Waals surface area contributed by atoms with Gasteiger partial charge in [0, 0.05) is 24.0 Å². The summed E-state index contributed by atoms with van der Waals surface area (Å²) in [4.78, 5) is 18.1. The van der Waals surface area contributed by atoms with E-state index in [0.29, 0.717) is 11.3 Å². The van der Waals surface area contributed by atoms with Gasteiger partial charge in [0.05, 0.1) is 0 Å². The first-order valence-corrected chi connectivity index (χ1v) is 3.82. The third-order valence-corrected chi connectivity index (χ3v) is 1.57. The SMILES string of the molecule is O=C(O)/C=C\c1cnc2ncnn2c1. The van der Waals surface area contributed by atoms with Crippen LogP contribution in [0.3, 0.4) is 0 Å². The second-order valence-corrected chi connectivity index (χ2v) is 2.56. The van der Waals surface area contributed by atoms with E-state index in [2.05, 4.69) is 15.1 Å². The molecule has 0 saturated heterocycles. The molecule has 0 bridgehead atoms. The monoisotopic (exact) mass is 190 g/mol. The van der Waals surface area contributed by atoms with E-state index in [9.17, 15) is 4.79 Å². The molecule has 6 nitrogen and oxygen atoms in total. The molecule has 1 N–H and O–H groups in total. The molecule has 2 aromatic rings. The maximum absolute atomic E-state index is 10.2. The van der Waals surface area contributed by atoms with Gasteiger partial charge in [0.1, 0.15) is 6.33 Å². The maximum atomic E-state index is 10.2. The van der Waals surface area contributed by atoms with Crippen molar-refractivity contribution in [1.29, 1.82) is 0 Å². The van der Waals surface area contributed by atoms with Crippen molar-refractivity contribution in [3.05, 3.63) is 30.4 Å². The van der Waals surface area contributed by atoms with Crippen LogP contribution in [0.25, 0.3) is 11.9 Å². The third-order valence-electron chi connectivity index (χ3n) is 1.57. The highest BCUT2D eigenvalue weighted by atomic mass is 16.4. The third kappa shape index (κ3) is 1.58. The van der Waals surface area contributed by atoms with Crippen LogP contribution in [0.2, 0.25) is 0 Å². The van der Waals surface area contributed by atoms with E-state index in [-0.39, 0.29) is 0 Å². The number of hydrogen-bond donors (Lipinski definition) is 1. The molecule has 0 aliphatic heterocycles. The molecule has 2 heterocycles. The zero-order valence-electron chi connectivity index (χ0n) is 7.03. The quantitative estimate of drug-likeness (QED) is 0.685. The first kappa shape index (κ1) is 8.36. The standard InChI is InChI=1S/C8H6N4O2/c13-7(14)2-1-6-3-9-8-10-5-11-12(8)4-6/h1-5H,(H,13,14)/b2-1-. The number of carbonyl (C=O) groups is 1. The number of aromatic nitrogens is 4. The van der Waals surface area contributed by atoms with Crippen molar-refractivity contribution in [2.75, 3.05) is 0 Å². The highest BCUT2D eigenvalue weighted by molar-refractivity contribution is 5.85. The fourth-order valence-electron chi connectivity index (χ4n) is 0.988. The number of carboxylic acids is 1. The van der Waals surface area contributed by atoms with E-state index in [0.717, 1.165) is 6.08 Å². The molecular weight excluding hydrogens is 184 g/mol. The van der Waals surface area contributed by atoms with Gasteiger partial charge in [-0.05, 0) is 6.08 Å². The lowest BCUT2D eigenvalue weighted by Gasteiger charge is -1.92. The van der Waals surface area contributed by atoms with Gasteiger partial charge in [-0.1, -0.05) is 0 Å². The maximum Gasteiger partial charge on any atom is 0.328 e. The molecule has 0 atom stereocenters. The number of fused-ring (bicyclic) bond motifs is 1. The molecule has 0 aliphatic rings. The lowest BCUT2D eigenvalue weighted by molar-refractivity contribution is -0.131. The number of hydrogen-bond acceptors (Lipinski definition) is 4. The van der Waals surface area contributed by atoms with Gasteiger partial charge in [0.15, 0.2) is 0 Å². The molecule has 0 spiro atoms. The van der Waals surface area contributed by atoms with Crippen molar-refractivity contribution in [1.82, 2.24) is 19.6 Å². The largest absolute Gasteiger partial charge is 0.478 e. The molecular formula is C8H6N4O2. The minimum Gasteiger partial charge on any atom is -0.478 e. The lowest BCUT2D eigenvalue weighted by atomic mass is 10.3. The van der Waals surface area contributed by atoms with Crippen molar-refractivity contribution in [3.63, 3.8) is 0 Å². The highest BCUT2D eigenvalue weighted by Crippen LogP contribution is 2.01. The van der Waals surface area contributed by atoms with Gasteiger partial charge in [0.2, 0.25) is 0 Å². The van der Waals surface area contributed by atoms with Crippen molar-refractivity contribution < 1.29 is 9.90 Å². The molecule has 0 aromatic carbocycles. The van der Waals surface area contributed by atoms with Crippen LogP contribution in [0.4, 0.5) is 0 Å². The van der Waals surface area contributed by atoms with E-state index in [1.807, 2.05) is 0 Å². The van der Waals surface area contributed by atoms with Gasteiger partial charge in [-0.3, -0.25) is 0 Å². The van der Waals surface area contributed by atoms with Crippen molar-refractivity contribution in [3.8, 4) is 0 Å². The average molecular weight is 190 g/mol. The minimum atomic E-state index is -0.997. The Bertz CT molecular complexity index is 503. The van der Waals surface area contributed by atoms with Crippen LogP contribution in [-0.4, -0.2) is 30.7 Å². The zero-order valence-corrected chi connectivity index (χ0v) is 7.03. The first-order valence-electron chi connectivity index (χ1n) is 3.82. The Kier molecular flexibility index (Phi) is 1.94. The van der Waals surface area contributed by atoms with Crippen LogP contribution in [0, 0.1) is 0 Å². The first-order chi connectivity index (χ1) is 6.75. The summed E-state index contributed by atoms with van der Waals surface area (Å²) in [6.45, 7) is 0. The molecule has 2 rings (SSSR count). The van der Waals surface area contributed by atoms with E-state index in [1.54, 1.807) is 6.20 Å². The smallest absolute Gasteiger partial charge is 0.328 e. The number of nitrogens with zero attached hydrogens (tertiary/aromatic N) is 4. The number of aliphatic carboxylic acids is 1. The van der Waals surface area contributed by atoms with Crippen LogP contribution in [0.5, 0.6) is 0 Å². The highest BCUT2D eigenvalue weighted by Gasteiger charge is 1.96. The van der Waals surface area contributed by atoms with Gasteiger partial charge in [-0.25, -0.2) is 14.3 Å². The molecule has 70 valence electrons. The summed E-state index contributed by atoms with van der Waals surface area (Å²) >= 11 is 0. The second kappa shape index (κ2) is 3.25. The Morgan fingerprint density at radius 1 is 1.50 bits per heavy atom. The Labute approximate surface area is 78.5 Å². The second-order valence-electron chi connectivity index (χ2n) is 2.56. The summed E-state index contributed by atoms with van der Waals surface area (Å²) in [5.41, 5.74) is 0.658. The number of carboxylic acid groups (broad SMARTS) is 1. The summed E-state index contributed by atoms with van der Waals surface area (Å²) in [5, 5.41) is 12.3. The Morgan fingerprint density at radius 3 is 3.14 bits per heavy atom. The molecule has 0 unspecified atom stereocenters. The lowest BCUT2D eigenvalue weighted by Crippen LogP contribution is -1.92. The summed E-state index contributed by atoms with van der Waals surface area (Å²) in [5.74, 6) is -0.513. The molecule has 14 heavy (non-hydrogen) atoms. The molecule has 2 aromatic heterocycles. The van der Waals surface area contributed by atoms with E-state index >= 15 is 0 Å². The van der Waals surface area contributed by atoms with E-state index < -0.39 is 5.97 Å². The predicted molar refractivity (Wildman–Crippen MR) is 47.5 cm³/mol. The number of rotatable bonds is 2. The minimum absolute atomic E-state index is 0.484. The molecule has 0 amide bonds. The van der Waals surface area contributed by atoms with E-state index in [4.69, 9.17) is 5.11 Å². The Hall–Kier alpha value is -2.24. The molecule has 0 radical (unpaired) electrons. The van der Waals surface area contributed by atoms with Gasteiger partial charge in [0.25, 0.3) is 5.78 Å². The Balaban J connectivity index is 2.39. The van der Waals surface area contributed by atoms with Crippen molar-refractivity contribution in [2.45, 2.75) is 0 Å². The fraction of sp³-hybridized carbons (Fsp3) is 0. The van der Waals surface area contributed by atoms with Gasteiger partial charge in [-0.15, -0.1) is 0 Å². The molecule has 0 aliphatic carbocycles. The normalized spacial score (nSPS) is 11.1. The molecule has 0 saturated carbocycles. The zero-order chi connectivity index (χ0) is 9.97. The van der Waals surface area contributed by atoms with Crippen LogP contribution < -0.4 is 0 Å². The summed E-state index contributed by atoms with van der Waals surface area (Å²) in [6, 6.07) is 0. The fourth-order valence-corrected chi connectivity index (χ4v) is 0.988. The molecule has 0 fully saturated rings. The van der Waals surface area contributed by atoms with Gasteiger partial charge in [-0.2, -0.15) is 10.1 Å². The molecule has 6 heteroatoms. The van der Waals surface area contributed by atoms with Gasteiger partial charge < -0.3 is 5.11 Å². The summed E-state index contributed by atoms with van der Waals surface area (Å²) in [6.07, 6.45) is 7.04. The van der Waals surface area contributed by atoms with Crippen LogP contribution in [0.15, 0.2) is 24.8 Å². The predicted octanol–water partition coefficient (Wildman–Crippen LogP) is 0.222. The van der Waals surface area contributed by atoms with Crippen molar-refractivity contribution >= 4 is 17.8 Å². The van der Waals surface area contributed by atoms with E-state index in [1.165, 1.54) is 23.1 Å². The Morgan fingerprint density at radius 2 is 2.36 bits per heavy atom. The average Bonchev–Trinajstić information content (AvgIpc) is 2.61. The van der Waals surface area contributed by atoms with Crippen LogP contribution in [-0.2, 0) is 4.79 Å². The van der Waals surface area contributed by atoms with Crippen molar-refractivity contribution in [2.24, 2.45) is 0 Å².